The maximum atomic E-state index is 5.96. The second-order valence-corrected chi connectivity index (χ2v) is 6.95. The molecule has 2 aromatic carbocycles. The van der Waals surface area contributed by atoms with E-state index in [9.17, 15) is 0 Å². The Morgan fingerprint density at radius 3 is 2.33 bits per heavy atom. The minimum absolute atomic E-state index is 0.774. The van der Waals surface area contributed by atoms with Crippen molar-refractivity contribution in [2.75, 3.05) is 36.4 Å². The van der Waals surface area contributed by atoms with Gasteiger partial charge in [0.1, 0.15) is 0 Å². The molecule has 0 atom stereocenters. The molecule has 0 bridgehead atoms. The highest BCUT2D eigenvalue weighted by Gasteiger charge is 2.19. The van der Waals surface area contributed by atoms with Gasteiger partial charge in [-0.3, -0.25) is 0 Å². The molecule has 1 aliphatic heterocycles. The van der Waals surface area contributed by atoms with Gasteiger partial charge in [0, 0.05) is 42.6 Å². The molecule has 1 saturated heterocycles. The molecule has 0 radical (unpaired) electrons. The molecular formula is C19H22ClN3S. The Hall–Kier alpha value is -1.78. The van der Waals surface area contributed by atoms with Crippen molar-refractivity contribution in [2.24, 2.45) is 0 Å². The first-order valence-corrected chi connectivity index (χ1v) is 8.96. The number of benzene rings is 2. The molecule has 0 spiro atoms. The molecule has 24 heavy (non-hydrogen) atoms. The molecule has 1 aliphatic rings. The average molecular weight is 360 g/mol. The molecule has 1 fully saturated rings. The Balaban J connectivity index is 1.59. The van der Waals surface area contributed by atoms with E-state index < -0.39 is 0 Å². The summed E-state index contributed by atoms with van der Waals surface area (Å²) in [6.45, 7) is 7.98. The summed E-state index contributed by atoms with van der Waals surface area (Å²) < 4.78 is 0. The standard InChI is InChI=1S/C19H22ClN3S/c1-14-4-3-5-18(15(14)2)21-19(24)23-12-10-22(11-13-23)17-8-6-16(20)7-9-17/h3-9H,10-13H2,1-2H3,(H,21,24). The van der Waals surface area contributed by atoms with Crippen LogP contribution in [0.4, 0.5) is 11.4 Å². The molecule has 2 aromatic rings. The Labute approximate surface area is 154 Å². The van der Waals surface area contributed by atoms with Gasteiger partial charge in [-0.05, 0) is 67.5 Å². The predicted molar refractivity (Wildman–Crippen MR) is 107 cm³/mol. The number of hydrogen-bond acceptors (Lipinski definition) is 2. The summed E-state index contributed by atoms with van der Waals surface area (Å²) in [5, 5.41) is 4.98. The van der Waals surface area contributed by atoms with Crippen LogP contribution >= 0.6 is 23.8 Å². The van der Waals surface area contributed by atoms with Gasteiger partial charge < -0.3 is 15.1 Å². The second-order valence-electron chi connectivity index (χ2n) is 6.13. The summed E-state index contributed by atoms with van der Waals surface area (Å²) in [5.74, 6) is 0. The van der Waals surface area contributed by atoms with Gasteiger partial charge in [-0.2, -0.15) is 0 Å². The largest absolute Gasteiger partial charge is 0.368 e. The van der Waals surface area contributed by atoms with Crippen LogP contribution in [0.3, 0.4) is 0 Å². The van der Waals surface area contributed by atoms with Crippen LogP contribution in [0.2, 0.25) is 5.02 Å². The van der Waals surface area contributed by atoms with Crippen LogP contribution in [0.1, 0.15) is 11.1 Å². The molecule has 3 nitrogen and oxygen atoms in total. The van der Waals surface area contributed by atoms with Crippen molar-refractivity contribution in [1.29, 1.82) is 0 Å². The molecule has 126 valence electrons. The summed E-state index contributed by atoms with van der Waals surface area (Å²) in [6.07, 6.45) is 0. The highest BCUT2D eigenvalue weighted by molar-refractivity contribution is 7.80. The van der Waals surface area contributed by atoms with Crippen molar-refractivity contribution in [3.8, 4) is 0 Å². The number of nitrogens with one attached hydrogen (secondary N) is 1. The zero-order valence-electron chi connectivity index (χ0n) is 14.1. The summed E-state index contributed by atoms with van der Waals surface area (Å²) in [5.41, 5.74) is 4.84. The van der Waals surface area contributed by atoms with E-state index in [1.165, 1.54) is 16.8 Å². The lowest BCUT2D eigenvalue weighted by molar-refractivity contribution is 0.391. The van der Waals surface area contributed by atoms with E-state index in [0.29, 0.717) is 0 Å². The lowest BCUT2D eigenvalue weighted by Gasteiger charge is -2.37. The van der Waals surface area contributed by atoms with Crippen molar-refractivity contribution in [3.05, 3.63) is 58.6 Å². The fourth-order valence-corrected chi connectivity index (χ4v) is 3.32. The first-order chi connectivity index (χ1) is 11.5. The minimum atomic E-state index is 0.774. The monoisotopic (exact) mass is 359 g/mol. The lowest BCUT2D eigenvalue weighted by atomic mass is 10.1. The number of piperazine rings is 1. The van der Waals surface area contributed by atoms with Crippen molar-refractivity contribution >= 4 is 40.3 Å². The zero-order valence-corrected chi connectivity index (χ0v) is 15.6. The zero-order chi connectivity index (χ0) is 17.1. The average Bonchev–Trinajstić information content (AvgIpc) is 2.60. The van der Waals surface area contributed by atoms with Crippen LogP contribution in [0.25, 0.3) is 0 Å². The van der Waals surface area contributed by atoms with Gasteiger partial charge in [-0.15, -0.1) is 0 Å². The SMILES string of the molecule is Cc1cccc(NC(=S)N2CCN(c3ccc(Cl)cc3)CC2)c1C. The highest BCUT2D eigenvalue weighted by atomic mass is 35.5. The van der Waals surface area contributed by atoms with Gasteiger partial charge in [-0.25, -0.2) is 0 Å². The highest BCUT2D eigenvalue weighted by Crippen LogP contribution is 2.21. The molecule has 0 aromatic heterocycles. The number of nitrogens with zero attached hydrogens (tertiary/aromatic N) is 2. The third-order valence-electron chi connectivity index (χ3n) is 4.60. The van der Waals surface area contributed by atoms with E-state index in [-0.39, 0.29) is 0 Å². The Bertz CT molecular complexity index is 722. The number of anilines is 2. The van der Waals surface area contributed by atoms with Crippen molar-refractivity contribution < 1.29 is 0 Å². The molecule has 5 heteroatoms. The Morgan fingerprint density at radius 1 is 1.00 bits per heavy atom. The molecule has 1 N–H and O–H groups in total. The van der Waals surface area contributed by atoms with E-state index in [2.05, 4.69) is 59.3 Å². The van der Waals surface area contributed by atoms with E-state index in [1.807, 2.05) is 12.1 Å². The number of halogens is 1. The fraction of sp³-hybridized carbons (Fsp3) is 0.316. The number of rotatable bonds is 2. The van der Waals surface area contributed by atoms with Crippen LogP contribution in [0.15, 0.2) is 42.5 Å². The van der Waals surface area contributed by atoms with Gasteiger partial charge >= 0.3 is 0 Å². The summed E-state index contributed by atoms with van der Waals surface area (Å²) in [6, 6.07) is 14.3. The van der Waals surface area contributed by atoms with E-state index in [4.69, 9.17) is 23.8 Å². The third-order valence-corrected chi connectivity index (χ3v) is 5.22. The fourth-order valence-electron chi connectivity index (χ4n) is 2.90. The smallest absolute Gasteiger partial charge is 0.173 e. The summed E-state index contributed by atoms with van der Waals surface area (Å²) in [4.78, 5) is 4.61. The molecule has 0 unspecified atom stereocenters. The molecule has 1 heterocycles. The molecular weight excluding hydrogens is 338 g/mol. The van der Waals surface area contributed by atoms with Crippen LogP contribution in [0, 0.1) is 13.8 Å². The van der Waals surface area contributed by atoms with Gasteiger partial charge in [-0.1, -0.05) is 23.7 Å². The van der Waals surface area contributed by atoms with Crippen molar-refractivity contribution in [2.45, 2.75) is 13.8 Å². The minimum Gasteiger partial charge on any atom is -0.368 e. The van der Waals surface area contributed by atoms with Crippen molar-refractivity contribution in [3.63, 3.8) is 0 Å². The van der Waals surface area contributed by atoms with Gasteiger partial charge in [0.25, 0.3) is 0 Å². The quantitative estimate of drug-likeness (QED) is 0.797. The van der Waals surface area contributed by atoms with E-state index in [0.717, 1.165) is 42.0 Å². The molecule has 0 amide bonds. The van der Waals surface area contributed by atoms with Crippen LogP contribution < -0.4 is 10.2 Å². The predicted octanol–water partition coefficient (Wildman–Crippen LogP) is 4.48. The first kappa shape index (κ1) is 17.1. The molecule has 0 aliphatic carbocycles. The first-order valence-electron chi connectivity index (χ1n) is 8.17. The van der Waals surface area contributed by atoms with Gasteiger partial charge in [0.15, 0.2) is 5.11 Å². The molecule has 3 rings (SSSR count). The molecule has 0 saturated carbocycles. The van der Waals surface area contributed by atoms with E-state index in [1.54, 1.807) is 0 Å². The number of thiocarbonyl (C=S) groups is 1. The maximum absolute atomic E-state index is 5.96. The van der Waals surface area contributed by atoms with Crippen LogP contribution in [-0.4, -0.2) is 36.2 Å². The third kappa shape index (κ3) is 3.82. The van der Waals surface area contributed by atoms with Gasteiger partial charge in [0.2, 0.25) is 0 Å². The lowest BCUT2D eigenvalue weighted by Crippen LogP contribution is -2.50. The van der Waals surface area contributed by atoms with Crippen molar-refractivity contribution in [1.82, 2.24) is 4.90 Å². The topological polar surface area (TPSA) is 18.5 Å². The maximum Gasteiger partial charge on any atom is 0.173 e. The Morgan fingerprint density at radius 2 is 1.67 bits per heavy atom. The van der Waals surface area contributed by atoms with Gasteiger partial charge in [0.05, 0.1) is 0 Å². The normalized spacial score (nSPS) is 14.6. The number of hydrogen-bond donors (Lipinski definition) is 1. The number of aryl methyl sites for hydroxylation is 1. The Kier molecular flexibility index (Phi) is 5.27. The summed E-state index contributed by atoms with van der Waals surface area (Å²) >= 11 is 11.6. The van der Waals surface area contributed by atoms with Crippen LogP contribution in [-0.2, 0) is 0 Å². The summed E-state index contributed by atoms with van der Waals surface area (Å²) in [7, 11) is 0. The van der Waals surface area contributed by atoms with Crippen LogP contribution in [0.5, 0.6) is 0 Å². The van der Waals surface area contributed by atoms with E-state index >= 15 is 0 Å². The second kappa shape index (κ2) is 7.41.